The summed E-state index contributed by atoms with van der Waals surface area (Å²) < 4.78 is 0. The molecule has 3 heteroatoms. The molecule has 1 fully saturated rings. The van der Waals surface area contributed by atoms with Gasteiger partial charge in [-0.3, -0.25) is 9.88 Å². The SMILES string of the molecule is Cc1ccncc1CN1CCNC(C)(C)C1. The van der Waals surface area contributed by atoms with E-state index in [1.807, 2.05) is 12.4 Å². The molecule has 1 aliphatic rings. The Morgan fingerprint density at radius 3 is 3.00 bits per heavy atom. The largest absolute Gasteiger partial charge is 0.309 e. The highest BCUT2D eigenvalue weighted by atomic mass is 15.2. The summed E-state index contributed by atoms with van der Waals surface area (Å²) in [5.74, 6) is 0. The van der Waals surface area contributed by atoms with Gasteiger partial charge in [0.05, 0.1) is 0 Å². The van der Waals surface area contributed by atoms with E-state index in [1.165, 1.54) is 11.1 Å². The van der Waals surface area contributed by atoms with Crippen molar-refractivity contribution in [1.29, 1.82) is 0 Å². The molecular weight excluding hydrogens is 198 g/mol. The molecule has 0 saturated carbocycles. The quantitative estimate of drug-likeness (QED) is 0.818. The average Bonchev–Trinajstić information content (AvgIpc) is 2.20. The number of hydrogen-bond donors (Lipinski definition) is 1. The van der Waals surface area contributed by atoms with Crippen LogP contribution in [0.4, 0.5) is 0 Å². The predicted octanol–water partition coefficient (Wildman–Crippen LogP) is 1.57. The molecule has 0 unspecified atom stereocenters. The smallest absolute Gasteiger partial charge is 0.0315 e. The molecule has 88 valence electrons. The number of rotatable bonds is 2. The first-order valence-corrected chi connectivity index (χ1v) is 5.94. The van der Waals surface area contributed by atoms with Crippen molar-refractivity contribution in [2.75, 3.05) is 19.6 Å². The summed E-state index contributed by atoms with van der Waals surface area (Å²) in [7, 11) is 0. The van der Waals surface area contributed by atoms with Crippen molar-refractivity contribution in [3.63, 3.8) is 0 Å². The second kappa shape index (κ2) is 4.52. The van der Waals surface area contributed by atoms with Crippen molar-refractivity contribution in [3.8, 4) is 0 Å². The zero-order valence-electron chi connectivity index (χ0n) is 10.5. The molecule has 1 N–H and O–H groups in total. The Bertz CT molecular complexity index is 360. The maximum Gasteiger partial charge on any atom is 0.0315 e. The van der Waals surface area contributed by atoms with Crippen molar-refractivity contribution < 1.29 is 0 Å². The molecule has 1 aromatic rings. The van der Waals surface area contributed by atoms with E-state index in [9.17, 15) is 0 Å². The monoisotopic (exact) mass is 219 g/mol. The molecule has 0 aromatic carbocycles. The Hall–Kier alpha value is -0.930. The lowest BCUT2D eigenvalue weighted by atomic mass is 10.0. The number of hydrogen-bond acceptors (Lipinski definition) is 3. The van der Waals surface area contributed by atoms with Crippen LogP contribution in [0.2, 0.25) is 0 Å². The number of nitrogens with one attached hydrogen (secondary N) is 1. The van der Waals surface area contributed by atoms with E-state index in [0.717, 1.165) is 26.2 Å². The number of nitrogens with zero attached hydrogens (tertiary/aromatic N) is 2. The molecule has 0 spiro atoms. The fraction of sp³-hybridized carbons (Fsp3) is 0.615. The van der Waals surface area contributed by atoms with Gasteiger partial charge in [0.1, 0.15) is 0 Å². The lowest BCUT2D eigenvalue weighted by Crippen LogP contribution is -2.56. The molecule has 3 nitrogen and oxygen atoms in total. The summed E-state index contributed by atoms with van der Waals surface area (Å²) in [6.07, 6.45) is 3.85. The molecule has 0 radical (unpaired) electrons. The highest BCUT2D eigenvalue weighted by molar-refractivity contribution is 5.21. The van der Waals surface area contributed by atoms with Crippen LogP contribution in [0.3, 0.4) is 0 Å². The van der Waals surface area contributed by atoms with Gasteiger partial charge in [-0.15, -0.1) is 0 Å². The van der Waals surface area contributed by atoms with Gasteiger partial charge >= 0.3 is 0 Å². The minimum absolute atomic E-state index is 0.231. The average molecular weight is 219 g/mol. The Labute approximate surface area is 97.9 Å². The Morgan fingerprint density at radius 1 is 1.50 bits per heavy atom. The maximum atomic E-state index is 4.21. The molecule has 0 aliphatic carbocycles. The number of pyridine rings is 1. The van der Waals surface area contributed by atoms with Crippen LogP contribution in [0, 0.1) is 6.92 Å². The third-order valence-electron chi connectivity index (χ3n) is 3.19. The van der Waals surface area contributed by atoms with Gasteiger partial charge in [0.2, 0.25) is 0 Å². The number of aryl methyl sites for hydroxylation is 1. The third kappa shape index (κ3) is 2.80. The standard InChI is InChI=1S/C13H21N3/c1-11-4-5-14-8-12(11)9-16-7-6-15-13(2,3)10-16/h4-5,8,15H,6-7,9-10H2,1-3H3. The van der Waals surface area contributed by atoms with E-state index in [-0.39, 0.29) is 5.54 Å². The van der Waals surface area contributed by atoms with Gasteiger partial charge in [-0.1, -0.05) is 0 Å². The van der Waals surface area contributed by atoms with Crippen molar-refractivity contribution in [2.45, 2.75) is 32.9 Å². The first-order valence-electron chi connectivity index (χ1n) is 5.94. The topological polar surface area (TPSA) is 28.2 Å². The van der Waals surface area contributed by atoms with E-state index in [2.05, 4.69) is 42.0 Å². The van der Waals surface area contributed by atoms with Crippen molar-refractivity contribution in [2.24, 2.45) is 0 Å². The molecule has 1 aromatic heterocycles. The van der Waals surface area contributed by atoms with Gasteiger partial charge in [-0.2, -0.15) is 0 Å². The van der Waals surface area contributed by atoms with Crippen molar-refractivity contribution in [1.82, 2.24) is 15.2 Å². The van der Waals surface area contributed by atoms with Crippen LogP contribution >= 0.6 is 0 Å². The highest BCUT2D eigenvalue weighted by Crippen LogP contribution is 2.14. The van der Waals surface area contributed by atoms with Crippen molar-refractivity contribution >= 4 is 0 Å². The Balaban J connectivity index is 2.02. The molecule has 1 saturated heterocycles. The van der Waals surface area contributed by atoms with E-state index in [4.69, 9.17) is 0 Å². The Kier molecular flexibility index (Phi) is 3.26. The van der Waals surface area contributed by atoms with Gasteiger partial charge in [-0.25, -0.2) is 0 Å². The first-order chi connectivity index (χ1) is 7.57. The minimum Gasteiger partial charge on any atom is -0.309 e. The van der Waals surface area contributed by atoms with E-state index in [1.54, 1.807) is 0 Å². The van der Waals surface area contributed by atoms with Crippen LogP contribution in [-0.4, -0.2) is 35.1 Å². The van der Waals surface area contributed by atoms with Crippen LogP contribution in [-0.2, 0) is 6.54 Å². The third-order valence-corrected chi connectivity index (χ3v) is 3.19. The van der Waals surface area contributed by atoms with Gasteiger partial charge in [0, 0.05) is 44.1 Å². The lowest BCUT2D eigenvalue weighted by Gasteiger charge is -2.39. The van der Waals surface area contributed by atoms with Gasteiger partial charge < -0.3 is 5.32 Å². The fourth-order valence-corrected chi connectivity index (χ4v) is 2.28. The summed E-state index contributed by atoms with van der Waals surface area (Å²) in [6, 6.07) is 2.09. The van der Waals surface area contributed by atoms with Gasteiger partial charge in [0.15, 0.2) is 0 Å². The second-order valence-corrected chi connectivity index (χ2v) is 5.32. The van der Waals surface area contributed by atoms with Crippen LogP contribution in [0.5, 0.6) is 0 Å². The van der Waals surface area contributed by atoms with E-state index in [0.29, 0.717) is 0 Å². The fourth-order valence-electron chi connectivity index (χ4n) is 2.28. The van der Waals surface area contributed by atoms with Gasteiger partial charge in [-0.05, 0) is 38.0 Å². The number of piperazine rings is 1. The molecule has 0 atom stereocenters. The molecule has 2 rings (SSSR count). The molecule has 1 aliphatic heterocycles. The normalized spacial score (nSPS) is 20.9. The molecule has 2 heterocycles. The zero-order valence-corrected chi connectivity index (χ0v) is 10.5. The molecule has 16 heavy (non-hydrogen) atoms. The summed E-state index contributed by atoms with van der Waals surface area (Å²) in [4.78, 5) is 6.71. The second-order valence-electron chi connectivity index (χ2n) is 5.32. The van der Waals surface area contributed by atoms with Crippen LogP contribution in [0.1, 0.15) is 25.0 Å². The highest BCUT2D eigenvalue weighted by Gasteiger charge is 2.25. The lowest BCUT2D eigenvalue weighted by molar-refractivity contribution is 0.148. The first kappa shape index (κ1) is 11.6. The summed E-state index contributed by atoms with van der Waals surface area (Å²) in [6.45, 7) is 11.0. The van der Waals surface area contributed by atoms with Crippen LogP contribution in [0.15, 0.2) is 18.5 Å². The van der Waals surface area contributed by atoms with Crippen LogP contribution < -0.4 is 5.32 Å². The van der Waals surface area contributed by atoms with Crippen molar-refractivity contribution in [3.05, 3.63) is 29.6 Å². The number of aromatic nitrogens is 1. The summed E-state index contributed by atoms with van der Waals surface area (Å²) in [5.41, 5.74) is 2.92. The zero-order chi connectivity index (χ0) is 11.6. The van der Waals surface area contributed by atoms with Crippen LogP contribution in [0.25, 0.3) is 0 Å². The van der Waals surface area contributed by atoms with E-state index >= 15 is 0 Å². The molecular formula is C13H21N3. The summed E-state index contributed by atoms with van der Waals surface area (Å²) in [5, 5.41) is 3.53. The van der Waals surface area contributed by atoms with Gasteiger partial charge in [0.25, 0.3) is 0 Å². The summed E-state index contributed by atoms with van der Waals surface area (Å²) >= 11 is 0. The van der Waals surface area contributed by atoms with E-state index < -0.39 is 0 Å². The minimum atomic E-state index is 0.231. The maximum absolute atomic E-state index is 4.21. The predicted molar refractivity (Wildman–Crippen MR) is 66.3 cm³/mol. The molecule has 0 amide bonds. The molecule has 0 bridgehead atoms. The Morgan fingerprint density at radius 2 is 2.31 bits per heavy atom.